The summed E-state index contributed by atoms with van der Waals surface area (Å²) in [5, 5.41) is 14.1. The lowest BCUT2D eigenvalue weighted by Crippen LogP contribution is -2.54. The number of anilines is 1. The number of aliphatic hydroxyl groups is 1. The van der Waals surface area contributed by atoms with Crippen LogP contribution in [0.25, 0.3) is 11.1 Å². The van der Waals surface area contributed by atoms with Crippen molar-refractivity contribution in [2.45, 2.75) is 96.3 Å². The molecule has 9 nitrogen and oxygen atoms in total. The number of hydrogen-bond acceptors (Lipinski definition) is 6. The van der Waals surface area contributed by atoms with Gasteiger partial charge >= 0.3 is 6.09 Å². The van der Waals surface area contributed by atoms with Crippen molar-refractivity contribution in [1.82, 2.24) is 14.7 Å². The van der Waals surface area contributed by atoms with Crippen LogP contribution in [0.5, 0.6) is 5.75 Å². The molecule has 1 aliphatic heterocycles. The van der Waals surface area contributed by atoms with Gasteiger partial charge in [0.05, 0.1) is 32.5 Å². The lowest BCUT2D eigenvalue weighted by atomic mass is 9.78. The molecule has 9 heteroatoms. The molecule has 0 radical (unpaired) electrons. The summed E-state index contributed by atoms with van der Waals surface area (Å²) in [6, 6.07) is 15.2. The number of benzene rings is 2. The molecule has 2 aromatic carbocycles. The predicted octanol–water partition coefficient (Wildman–Crippen LogP) is 7.13. The van der Waals surface area contributed by atoms with E-state index in [2.05, 4.69) is 73.4 Å². The topological polar surface area (TPSA) is 97.1 Å². The summed E-state index contributed by atoms with van der Waals surface area (Å²) < 4.78 is 13.2. The Morgan fingerprint density at radius 3 is 2.36 bits per heavy atom. The molecule has 6 rings (SSSR count). The molecule has 47 heavy (non-hydrogen) atoms. The minimum Gasteiger partial charge on any atom is -0.496 e. The van der Waals surface area contributed by atoms with Crippen molar-refractivity contribution in [2.24, 2.45) is 11.8 Å². The molecule has 0 bridgehead atoms. The maximum absolute atomic E-state index is 14.4. The molecule has 3 aromatic rings. The van der Waals surface area contributed by atoms with E-state index in [-0.39, 0.29) is 30.1 Å². The van der Waals surface area contributed by atoms with Crippen molar-refractivity contribution in [3.63, 3.8) is 0 Å². The Morgan fingerprint density at radius 1 is 0.979 bits per heavy atom. The predicted molar refractivity (Wildman–Crippen MR) is 183 cm³/mol. The molecule has 2 aliphatic carbocycles. The van der Waals surface area contributed by atoms with Gasteiger partial charge in [0.15, 0.2) is 0 Å². The van der Waals surface area contributed by atoms with Crippen molar-refractivity contribution >= 4 is 17.7 Å². The van der Waals surface area contributed by atoms with E-state index >= 15 is 0 Å². The molecule has 1 saturated heterocycles. The molecular formula is C38H50N4O5. The van der Waals surface area contributed by atoms with Gasteiger partial charge in [-0.15, -0.1) is 0 Å². The third-order valence-corrected chi connectivity index (χ3v) is 10.5. The first-order valence-corrected chi connectivity index (χ1v) is 17.4. The number of likely N-dealkylation sites (tertiary alicyclic amines) is 1. The lowest BCUT2D eigenvalue weighted by Gasteiger charge is -2.38. The van der Waals surface area contributed by atoms with Crippen LogP contribution >= 0.6 is 0 Å². The van der Waals surface area contributed by atoms with Gasteiger partial charge in [-0.1, -0.05) is 24.3 Å². The summed E-state index contributed by atoms with van der Waals surface area (Å²) in [6.07, 6.45) is 10.1. The van der Waals surface area contributed by atoms with Crippen LogP contribution in [0.1, 0.15) is 88.3 Å². The Balaban J connectivity index is 1.15. The number of β-amino-alcohol motifs (C(OH)–C–C–N with tert-alkyl or cyclic N) is 1. The molecule has 252 valence electrons. The van der Waals surface area contributed by atoms with Crippen LogP contribution in [0.3, 0.4) is 0 Å². The van der Waals surface area contributed by atoms with Crippen molar-refractivity contribution in [3.8, 4) is 16.9 Å². The molecule has 2 heterocycles. The number of methoxy groups -OCH3 is 1. The summed E-state index contributed by atoms with van der Waals surface area (Å²) in [7, 11) is 1.72. The summed E-state index contributed by atoms with van der Waals surface area (Å²) in [4.78, 5) is 30.4. The van der Waals surface area contributed by atoms with Crippen LogP contribution in [0.15, 0.2) is 54.9 Å². The highest BCUT2D eigenvalue weighted by molar-refractivity contribution is 5.95. The average Bonchev–Trinajstić information content (AvgIpc) is 3.57. The molecule has 3 fully saturated rings. The number of aliphatic hydroxyl groups excluding tert-OH is 1. The quantitative estimate of drug-likeness (QED) is 0.267. The van der Waals surface area contributed by atoms with Gasteiger partial charge in [0.25, 0.3) is 0 Å². The SMILES string of the molecule is COc1ccc(C2CCC(CN(C(=O)C3CCC(OC(=O)N4CC(O)C4)CC3)c3cccc(-c4cnn(C(C)C)c4)c3)CC2)cc1C. The summed E-state index contributed by atoms with van der Waals surface area (Å²) in [5.74, 6) is 1.94. The van der Waals surface area contributed by atoms with E-state index in [1.807, 2.05) is 16.9 Å². The fourth-order valence-corrected chi connectivity index (χ4v) is 7.51. The average molecular weight is 643 g/mol. The van der Waals surface area contributed by atoms with Gasteiger partial charge < -0.3 is 24.4 Å². The maximum Gasteiger partial charge on any atom is 0.410 e. The standard InChI is InChI=1S/C38H50N4O5/c1-25(2)42-22-32(20-39-42)30-6-5-7-33(19-30)41(21-27-8-10-28(11-9-27)31-14-17-36(46-4)26(3)18-31)37(44)29-12-15-35(16-13-29)47-38(45)40-23-34(43)24-40/h5-7,14,17-20,22,25,27-29,34-35,43H,8-13,15-16,21,23-24H2,1-4H3. The first-order chi connectivity index (χ1) is 22.7. The highest BCUT2D eigenvalue weighted by Gasteiger charge is 2.36. The van der Waals surface area contributed by atoms with E-state index in [0.29, 0.717) is 57.2 Å². The number of carbonyl (C=O) groups excluding carboxylic acids is 2. The number of ether oxygens (including phenoxy) is 2. The zero-order valence-corrected chi connectivity index (χ0v) is 28.3. The van der Waals surface area contributed by atoms with E-state index in [0.717, 1.165) is 48.2 Å². The zero-order chi connectivity index (χ0) is 33.1. The van der Waals surface area contributed by atoms with Gasteiger partial charge in [0.2, 0.25) is 5.91 Å². The number of aromatic nitrogens is 2. The zero-order valence-electron chi connectivity index (χ0n) is 28.3. The first-order valence-electron chi connectivity index (χ1n) is 17.4. The van der Waals surface area contributed by atoms with Gasteiger partial charge in [0, 0.05) is 36.0 Å². The lowest BCUT2D eigenvalue weighted by molar-refractivity contribution is -0.124. The number of carbonyl (C=O) groups is 2. The molecule has 3 aliphatic rings. The second-order valence-electron chi connectivity index (χ2n) is 14.2. The number of hydrogen-bond donors (Lipinski definition) is 1. The molecule has 0 atom stereocenters. The Morgan fingerprint density at radius 2 is 1.72 bits per heavy atom. The molecule has 0 spiro atoms. The van der Waals surface area contributed by atoms with Crippen LogP contribution in [0.4, 0.5) is 10.5 Å². The second-order valence-corrected chi connectivity index (χ2v) is 14.2. The van der Waals surface area contributed by atoms with Gasteiger partial charge in [0.1, 0.15) is 11.9 Å². The summed E-state index contributed by atoms with van der Waals surface area (Å²) >= 11 is 0. The third-order valence-electron chi connectivity index (χ3n) is 10.5. The Kier molecular flexibility index (Phi) is 10.2. The van der Waals surface area contributed by atoms with E-state index in [9.17, 15) is 14.7 Å². The monoisotopic (exact) mass is 642 g/mol. The van der Waals surface area contributed by atoms with Crippen molar-refractivity contribution in [2.75, 3.05) is 31.6 Å². The third kappa shape index (κ3) is 7.67. The van der Waals surface area contributed by atoms with Gasteiger partial charge in [-0.3, -0.25) is 9.48 Å². The van der Waals surface area contributed by atoms with Gasteiger partial charge in [-0.2, -0.15) is 5.10 Å². The van der Waals surface area contributed by atoms with Crippen molar-refractivity contribution in [1.29, 1.82) is 0 Å². The minimum absolute atomic E-state index is 0.109. The van der Waals surface area contributed by atoms with Crippen molar-refractivity contribution < 1.29 is 24.2 Å². The minimum atomic E-state index is -0.450. The van der Waals surface area contributed by atoms with Crippen LogP contribution < -0.4 is 9.64 Å². The normalized spacial score (nSPS) is 23.3. The van der Waals surface area contributed by atoms with E-state index < -0.39 is 6.10 Å². The van der Waals surface area contributed by atoms with Gasteiger partial charge in [-0.25, -0.2) is 4.79 Å². The number of rotatable bonds is 9. The molecule has 2 saturated carbocycles. The second kappa shape index (κ2) is 14.5. The van der Waals surface area contributed by atoms with Crippen LogP contribution in [-0.2, 0) is 9.53 Å². The largest absolute Gasteiger partial charge is 0.496 e. The number of amides is 2. The first kappa shape index (κ1) is 33.1. The van der Waals surface area contributed by atoms with Crippen molar-refractivity contribution in [3.05, 3.63) is 66.0 Å². The Hall–Kier alpha value is -3.85. The molecule has 2 amide bonds. The highest BCUT2D eigenvalue weighted by atomic mass is 16.6. The summed E-state index contributed by atoms with van der Waals surface area (Å²) in [6.45, 7) is 7.70. The van der Waals surface area contributed by atoms with Crippen LogP contribution in [0.2, 0.25) is 0 Å². The fourth-order valence-electron chi connectivity index (χ4n) is 7.51. The molecule has 1 aromatic heterocycles. The van der Waals surface area contributed by atoms with Gasteiger partial charge in [-0.05, 0) is 119 Å². The summed E-state index contributed by atoms with van der Waals surface area (Å²) in [5.41, 5.74) is 5.58. The Bertz CT molecular complexity index is 1530. The highest BCUT2D eigenvalue weighted by Crippen LogP contribution is 2.39. The number of aryl methyl sites for hydroxylation is 1. The Labute approximate surface area is 278 Å². The smallest absolute Gasteiger partial charge is 0.410 e. The van der Waals surface area contributed by atoms with Crippen LogP contribution in [-0.4, -0.2) is 70.7 Å². The van der Waals surface area contributed by atoms with E-state index in [1.54, 1.807) is 7.11 Å². The van der Waals surface area contributed by atoms with Crippen LogP contribution in [0, 0.1) is 18.8 Å². The molecule has 0 unspecified atom stereocenters. The molecule has 1 N–H and O–H groups in total. The maximum atomic E-state index is 14.4. The van der Waals surface area contributed by atoms with E-state index in [1.165, 1.54) is 16.0 Å². The molecular weight excluding hydrogens is 592 g/mol. The van der Waals surface area contributed by atoms with E-state index in [4.69, 9.17) is 9.47 Å². The number of nitrogens with zero attached hydrogens (tertiary/aromatic N) is 4. The fraction of sp³-hybridized carbons (Fsp3) is 0.553.